The zero-order valence-electron chi connectivity index (χ0n) is 40.0. The van der Waals surface area contributed by atoms with E-state index in [-0.39, 0.29) is 42.4 Å². The minimum atomic E-state index is -0.530. The first kappa shape index (κ1) is 49.8. The Morgan fingerprint density at radius 3 is 2.36 bits per heavy atom. The van der Waals surface area contributed by atoms with Crippen molar-refractivity contribution in [2.75, 3.05) is 57.2 Å². The molecule has 4 aromatic heterocycles. The summed E-state index contributed by atoms with van der Waals surface area (Å²) in [6.45, 7) is 8.12. The van der Waals surface area contributed by atoms with Gasteiger partial charge in [-0.3, -0.25) is 28.7 Å². The minimum absolute atomic E-state index is 0.0156. The Kier molecular flexibility index (Phi) is 15.7. The summed E-state index contributed by atoms with van der Waals surface area (Å²) in [5.74, 6) is 2.13. The predicted octanol–water partition coefficient (Wildman–Crippen LogP) is 7.07. The third kappa shape index (κ3) is 10.9. The molecule has 0 bridgehead atoms. The van der Waals surface area contributed by atoms with Gasteiger partial charge in [-0.1, -0.05) is 48.2 Å². The van der Waals surface area contributed by atoms with Gasteiger partial charge >= 0.3 is 0 Å². The highest BCUT2D eigenvalue weighted by molar-refractivity contribution is 7.15. The molecule has 0 radical (unpaired) electrons. The van der Waals surface area contributed by atoms with Gasteiger partial charge < -0.3 is 40.2 Å². The highest BCUT2D eigenvalue weighted by atomic mass is 35.5. The number of nitrogens with zero attached hydrogens (tertiary/aromatic N) is 8. The monoisotopic (exact) mass is 1010 g/mol. The van der Waals surface area contributed by atoms with Gasteiger partial charge in [-0.25, -0.2) is 4.98 Å². The van der Waals surface area contributed by atoms with Crippen LogP contribution in [-0.4, -0.2) is 99.7 Å². The van der Waals surface area contributed by atoms with Gasteiger partial charge in [0.1, 0.15) is 27.6 Å². The van der Waals surface area contributed by atoms with Crippen molar-refractivity contribution in [2.45, 2.75) is 71.8 Å². The first-order valence-corrected chi connectivity index (χ1v) is 24.8. The van der Waals surface area contributed by atoms with Gasteiger partial charge in [0.2, 0.25) is 17.8 Å². The maximum atomic E-state index is 13.4. The van der Waals surface area contributed by atoms with Crippen molar-refractivity contribution in [2.24, 2.45) is 18.0 Å². The van der Waals surface area contributed by atoms with Crippen LogP contribution < -0.4 is 41.2 Å². The van der Waals surface area contributed by atoms with Gasteiger partial charge in [0, 0.05) is 84.4 Å². The Bertz CT molecular complexity index is 3020. The number of halogens is 2. The number of nitrogens with one attached hydrogen (secondary N) is 4. The lowest BCUT2D eigenvalue weighted by Crippen LogP contribution is -2.41. The lowest BCUT2D eigenvalue weighted by Gasteiger charge is -2.31. The molecule has 6 aromatic rings. The Labute approximate surface area is 419 Å². The van der Waals surface area contributed by atoms with Crippen molar-refractivity contribution in [3.63, 3.8) is 0 Å². The van der Waals surface area contributed by atoms with Gasteiger partial charge in [-0.2, -0.15) is 4.98 Å². The van der Waals surface area contributed by atoms with E-state index in [1.54, 1.807) is 36.6 Å². The van der Waals surface area contributed by atoms with Crippen molar-refractivity contribution < 1.29 is 23.9 Å². The second-order valence-corrected chi connectivity index (χ2v) is 19.4. The third-order valence-corrected chi connectivity index (χ3v) is 14.4. The quantitative estimate of drug-likeness (QED) is 0.0637. The highest BCUT2D eigenvalue weighted by Crippen LogP contribution is 2.40. The molecule has 4 N–H and O–H groups in total. The maximum Gasteiger partial charge on any atom is 0.293 e. The first-order valence-electron chi connectivity index (χ1n) is 23.2. The molecule has 1 fully saturated rings. The van der Waals surface area contributed by atoms with Crippen molar-refractivity contribution in [1.82, 2.24) is 45.2 Å². The zero-order valence-corrected chi connectivity index (χ0v) is 42.3. The lowest BCUT2D eigenvalue weighted by atomic mass is 9.96. The van der Waals surface area contributed by atoms with Crippen LogP contribution in [0, 0.1) is 26.7 Å². The van der Waals surface area contributed by atoms with Gasteiger partial charge in [0.15, 0.2) is 24.0 Å². The van der Waals surface area contributed by atoms with Crippen LogP contribution in [-0.2, 0) is 21.4 Å². The van der Waals surface area contributed by atoms with Crippen molar-refractivity contribution in [3.8, 4) is 16.5 Å². The lowest BCUT2D eigenvalue weighted by molar-refractivity contribution is -0.125. The number of pyridine rings is 1. The summed E-state index contributed by atoms with van der Waals surface area (Å²) >= 11 is 14.5. The Morgan fingerprint density at radius 2 is 1.64 bits per heavy atom. The van der Waals surface area contributed by atoms with Crippen LogP contribution in [0.2, 0.25) is 10.0 Å². The number of methoxy groups -OCH3 is 1. The number of rotatable bonds is 18. The number of carbonyl (C=O) groups excluding carboxylic acids is 3. The molecule has 0 saturated carbocycles. The zero-order chi connectivity index (χ0) is 49.6. The summed E-state index contributed by atoms with van der Waals surface area (Å²) in [6.07, 6.45) is 6.43. The number of hydrogen-bond donors (Lipinski definition) is 4. The van der Waals surface area contributed by atoms with Crippen LogP contribution in [0.25, 0.3) is 15.9 Å². The summed E-state index contributed by atoms with van der Waals surface area (Å²) in [5.41, 5.74) is 4.61. The fourth-order valence-electron chi connectivity index (χ4n) is 8.76. The van der Waals surface area contributed by atoms with Gasteiger partial charge in [-0.15, -0.1) is 21.5 Å². The second kappa shape index (κ2) is 22.0. The molecule has 2 aromatic carbocycles. The number of aliphatic imine (C=N–C) groups is 1. The topological polar surface area (TPSA) is 212 Å². The van der Waals surface area contributed by atoms with Crippen LogP contribution in [0.4, 0.5) is 17.5 Å². The van der Waals surface area contributed by atoms with E-state index in [0.717, 1.165) is 58.9 Å². The molecule has 2 aliphatic rings. The van der Waals surface area contributed by atoms with E-state index in [4.69, 9.17) is 42.7 Å². The molecule has 0 spiro atoms. The van der Waals surface area contributed by atoms with Gasteiger partial charge in [0.05, 0.1) is 31.0 Å². The number of fused-ring (bicyclic) bond motifs is 4. The van der Waals surface area contributed by atoms with E-state index in [2.05, 4.69) is 50.3 Å². The molecule has 6 heterocycles. The van der Waals surface area contributed by atoms with Crippen molar-refractivity contribution >= 4 is 86.3 Å². The summed E-state index contributed by atoms with van der Waals surface area (Å²) in [4.78, 5) is 69.0. The van der Waals surface area contributed by atoms with Gasteiger partial charge in [0.25, 0.3) is 11.5 Å². The number of piperidine rings is 1. The number of carbonyl (C=O) groups is 3. The minimum Gasteiger partial charge on any atom is -0.494 e. The summed E-state index contributed by atoms with van der Waals surface area (Å²) in [5, 5.41) is 23.4. The normalized spacial score (nSPS) is 14.6. The average molecular weight is 1010 g/mol. The van der Waals surface area contributed by atoms with E-state index in [1.807, 2.05) is 40.7 Å². The number of unbranched alkanes of at least 4 members (excludes halogenated alkanes) is 3. The van der Waals surface area contributed by atoms with Crippen molar-refractivity contribution in [1.29, 1.82) is 0 Å². The number of aromatic nitrogens is 6. The molecule has 0 unspecified atom stereocenters. The summed E-state index contributed by atoms with van der Waals surface area (Å²) < 4.78 is 14.6. The van der Waals surface area contributed by atoms with E-state index in [9.17, 15) is 19.2 Å². The van der Waals surface area contributed by atoms with Crippen LogP contribution in [0.1, 0.15) is 84.2 Å². The second-order valence-electron chi connectivity index (χ2n) is 17.4. The van der Waals surface area contributed by atoms with E-state index >= 15 is 0 Å². The van der Waals surface area contributed by atoms with Crippen LogP contribution in [0.15, 0.2) is 58.4 Å². The molecular formula is C49H56Cl2N12O6S. The molecule has 2 aliphatic heterocycles. The van der Waals surface area contributed by atoms with E-state index < -0.39 is 11.6 Å². The number of likely N-dealkylation sites (N-methyl/N-ethyl adjacent to an activating group) is 1. The van der Waals surface area contributed by atoms with Crippen molar-refractivity contribution in [3.05, 3.63) is 102 Å². The predicted molar refractivity (Wildman–Crippen MR) is 273 cm³/mol. The van der Waals surface area contributed by atoms with Crippen LogP contribution >= 0.6 is 34.5 Å². The molecule has 0 aliphatic carbocycles. The van der Waals surface area contributed by atoms with E-state index in [1.165, 1.54) is 29.8 Å². The number of hydrogen-bond acceptors (Lipinski definition) is 14. The number of anilines is 3. The first-order chi connectivity index (χ1) is 33.7. The molecule has 18 nitrogen and oxygen atoms in total. The number of ether oxygens (including phenoxy) is 2. The Balaban J connectivity index is 0.779. The SMILES string of the molecule is CNC(=O)COc1cc2cc(Nc3nc(N4CCC(C(=O)NCCCCCCNC(=O)C[C@@H]5N=C(c6ccc(Cl)cc6)c6c(sc(C)c6C)-n6c(C)nnc65)CC4)ncc3Cl)cc(OC)c2n(C)c1=O. The fourth-order valence-corrected chi connectivity index (χ4v) is 10.2. The molecule has 21 heteroatoms. The molecule has 1 saturated heterocycles. The fraction of sp³-hybridized carbons (Fsp3) is 0.408. The molecule has 368 valence electrons. The number of amides is 3. The molecule has 8 rings (SSSR count). The molecular weight excluding hydrogens is 956 g/mol. The molecule has 70 heavy (non-hydrogen) atoms. The summed E-state index contributed by atoms with van der Waals surface area (Å²) in [6, 6.07) is 12.2. The largest absolute Gasteiger partial charge is 0.494 e. The van der Waals surface area contributed by atoms with Gasteiger partial charge in [-0.05, 0) is 76.3 Å². The van der Waals surface area contributed by atoms with Crippen LogP contribution in [0.3, 0.4) is 0 Å². The maximum absolute atomic E-state index is 13.4. The smallest absolute Gasteiger partial charge is 0.293 e. The molecule has 3 amide bonds. The number of aryl methyl sites for hydroxylation is 3. The third-order valence-electron chi connectivity index (χ3n) is 12.7. The molecule has 1 atom stereocenters. The average Bonchev–Trinajstić information content (AvgIpc) is 3.84. The van der Waals surface area contributed by atoms with E-state index in [0.29, 0.717) is 89.0 Å². The Hall–Kier alpha value is -6.57. The number of benzene rings is 2. The standard InChI is InChI=1S/C49H56Cl2N12O6S/c1-27-28(2)70-48-41(27)42(30-11-13-33(50)14-12-30)57-36(45-60-59-29(3)63(45)48)24-39(64)53-17-9-7-8-10-18-54-46(66)31-15-19-62(20-16-31)49-55-25-35(51)44(58-49)56-34-21-32-22-38(69-26-40(65)52-4)47(67)61(5)43(32)37(23-34)68-6/h11-14,21-23,25,31,36H,7-10,15-20,24,26H2,1-6H3,(H,52,65)(H,53,64)(H,54,66)(H,55,56,58)/t36-/m0/s1. The van der Waals surface area contributed by atoms with Crippen LogP contribution in [0.5, 0.6) is 11.5 Å². The number of thiophene rings is 1. The Morgan fingerprint density at radius 1 is 0.914 bits per heavy atom. The highest BCUT2D eigenvalue weighted by Gasteiger charge is 2.33. The summed E-state index contributed by atoms with van der Waals surface area (Å²) in [7, 11) is 4.60.